The van der Waals surface area contributed by atoms with Crippen molar-refractivity contribution in [2.45, 2.75) is 6.92 Å². The molecule has 3 heteroatoms. The monoisotopic (exact) mass is 176 g/mol. The van der Waals surface area contributed by atoms with E-state index in [9.17, 15) is 0 Å². The van der Waals surface area contributed by atoms with Gasteiger partial charge in [0.05, 0.1) is 22.9 Å². The van der Waals surface area contributed by atoms with Crippen LogP contribution in [0, 0.1) is 18.3 Å². The van der Waals surface area contributed by atoms with Crippen molar-refractivity contribution in [1.29, 1.82) is 5.26 Å². The summed E-state index contributed by atoms with van der Waals surface area (Å²) < 4.78 is 0. The summed E-state index contributed by atoms with van der Waals surface area (Å²) in [6.45, 7) is 1.89. The number of nitrogens with zero attached hydrogens (tertiary/aromatic N) is 2. The highest BCUT2D eigenvalue weighted by Gasteiger charge is 1.96. The second-order valence-electron chi connectivity index (χ2n) is 2.36. The minimum Gasteiger partial charge on any atom is -0.250 e. The summed E-state index contributed by atoms with van der Waals surface area (Å²) in [6, 6.07) is 7.49. The summed E-state index contributed by atoms with van der Waals surface area (Å²) >= 11 is 3.86. The van der Waals surface area contributed by atoms with E-state index in [4.69, 9.17) is 5.26 Å². The van der Waals surface area contributed by atoms with Crippen LogP contribution in [0.1, 0.15) is 11.1 Å². The Bertz CT molecular complexity index is 350. The van der Waals surface area contributed by atoms with E-state index in [0.29, 0.717) is 5.56 Å². The van der Waals surface area contributed by atoms with Crippen LogP contribution in [0.2, 0.25) is 0 Å². The number of thiol groups is 1. The molecule has 0 amide bonds. The third kappa shape index (κ3) is 1.86. The van der Waals surface area contributed by atoms with Crippen LogP contribution in [0.15, 0.2) is 23.2 Å². The molecule has 0 aromatic heterocycles. The molecule has 12 heavy (non-hydrogen) atoms. The van der Waals surface area contributed by atoms with Crippen LogP contribution in [0.4, 0.5) is 5.69 Å². The van der Waals surface area contributed by atoms with E-state index in [0.717, 1.165) is 11.3 Å². The third-order valence-corrected chi connectivity index (χ3v) is 1.65. The van der Waals surface area contributed by atoms with E-state index in [2.05, 4.69) is 23.7 Å². The first-order valence-corrected chi connectivity index (χ1v) is 3.97. The van der Waals surface area contributed by atoms with Gasteiger partial charge < -0.3 is 0 Å². The number of nitriles is 1. The maximum atomic E-state index is 8.64. The molecule has 0 heterocycles. The number of aryl methyl sites for hydroxylation is 1. The summed E-state index contributed by atoms with van der Waals surface area (Å²) in [7, 11) is 0. The highest BCUT2D eigenvalue weighted by Crippen LogP contribution is 2.16. The van der Waals surface area contributed by atoms with Gasteiger partial charge in [0, 0.05) is 0 Å². The van der Waals surface area contributed by atoms with Crippen LogP contribution < -0.4 is 0 Å². The molecule has 1 rings (SSSR count). The SMILES string of the molecule is Cc1cc(N=CS)ccc1C#N. The third-order valence-electron chi connectivity index (χ3n) is 1.54. The van der Waals surface area contributed by atoms with Gasteiger partial charge in [-0.05, 0) is 30.7 Å². The Kier molecular flexibility index (Phi) is 2.89. The predicted octanol–water partition coefficient (Wildman–Crippen LogP) is 2.46. The molecule has 60 valence electrons. The van der Waals surface area contributed by atoms with Crippen LogP contribution in [0.5, 0.6) is 0 Å². The lowest BCUT2D eigenvalue weighted by Crippen LogP contribution is -1.79. The highest BCUT2D eigenvalue weighted by atomic mass is 32.1. The zero-order chi connectivity index (χ0) is 8.97. The van der Waals surface area contributed by atoms with Crippen molar-refractivity contribution < 1.29 is 0 Å². The Morgan fingerprint density at radius 2 is 2.33 bits per heavy atom. The van der Waals surface area contributed by atoms with Gasteiger partial charge in [0.1, 0.15) is 0 Å². The van der Waals surface area contributed by atoms with Crippen molar-refractivity contribution >= 4 is 23.9 Å². The van der Waals surface area contributed by atoms with E-state index in [1.165, 1.54) is 5.55 Å². The molecule has 0 saturated heterocycles. The molecule has 1 aromatic rings. The molecular formula is C9H8N2S. The number of aliphatic imine (C=N–C) groups is 1. The molecule has 0 atom stereocenters. The van der Waals surface area contributed by atoms with Gasteiger partial charge in [-0.1, -0.05) is 0 Å². The van der Waals surface area contributed by atoms with Crippen LogP contribution in [0.3, 0.4) is 0 Å². The first-order chi connectivity index (χ1) is 5.77. The van der Waals surface area contributed by atoms with E-state index in [1.54, 1.807) is 12.1 Å². The summed E-state index contributed by atoms with van der Waals surface area (Å²) in [5, 5.41) is 8.64. The van der Waals surface area contributed by atoms with Gasteiger partial charge in [0.15, 0.2) is 0 Å². The molecule has 0 unspecified atom stereocenters. The van der Waals surface area contributed by atoms with Crippen LogP contribution >= 0.6 is 12.6 Å². The van der Waals surface area contributed by atoms with E-state index < -0.39 is 0 Å². The smallest absolute Gasteiger partial charge is 0.0994 e. The zero-order valence-corrected chi connectivity index (χ0v) is 7.55. The van der Waals surface area contributed by atoms with Gasteiger partial charge in [-0.3, -0.25) is 4.99 Å². The van der Waals surface area contributed by atoms with E-state index in [1.807, 2.05) is 13.0 Å². The Morgan fingerprint density at radius 3 is 2.83 bits per heavy atom. The van der Waals surface area contributed by atoms with Crippen molar-refractivity contribution in [3.8, 4) is 6.07 Å². The Morgan fingerprint density at radius 1 is 1.58 bits per heavy atom. The predicted molar refractivity (Wildman–Crippen MR) is 53.0 cm³/mol. The second kappa shape index (κ2) is 3.93. The van der Waals surface area contributed by atoms with Crippen molar-refractivity contribution in [2.24, 2.45) is 4.99 Å². The van der Waals surface area contributed by atoms with Crippen molar-refractivity contribution in [3.05, 3.63) is 29.3 Å². The van der Waals surface area contributed by atoms with E-state index in [-0.39, 0.29) is 0 Å². The highest BCUT2D eigenvalue weighted by molar-refractivity contribution is 7.94. The minimum atomic E-state index is 0.688. The maximum absolute atomic E-state index is 8.64. The number of hydrogen-bond acceptors (Lipinski definition) is 2. The molecule has 0 aliphatic rings. The molecule has 1 aromatic carbocycles. The van der Waals surface area contributed by atoms with Gasteiger partial charge in [-0.25, -0.2) is 0 Å². The van der Waals surface area contributed by atoms with Crippen molar-refractivity contribution in [1.82, 2.24) is 0 Å². The fraction of sp³-hybridized carbons (Fsp3) is 0.111. The average Bonchev–Trinajstić information content (AvgIpc) is 2.05. The average molecular weight is 176 g/mol. The fourth-order valence-electron chi connectivity index (χ4n) is 0.920. The second-order valence-corrected chi connectivity index (χ2v) is 2.59. The first-order valence-electron chi connectivity index (χ1n) is 3.45. The van der Waals surface area contributed by atoms with Crippen LogP contribution in [-0.2, 0) is 0 Å². The molecule has 0 saturated carbocycles. The molecule has 2 nitrogen and oxygen atoms in total. The summed E-state index contributed by atoms with van der Waals surface area (Å²) in [4.78, 5) is 3.97. The molecule has 0 aliphatic heterocycles. The normalized spacial score (nSPS) is 10.1. The maximum Gasteiger partial charge on any atom is 0.0994 e. The molecule has 0 radical (unpaired) electrons. The topological polar surface area (TPSA) is 36.1 Å². The lowest BCUT2D eigenvalue weighted by molar-refractivity contribution is 1.38. The molecular weight excluding hydrogens is 168 g/mol. The summed E-state index contributed by atoms with van der Waals surface area (Å²) in [5.41, 5.74) is 3.88. The fourth-order valence-corrected chi connectivity index (χ4v) is 1.05. The quantitative estimate of drug-likeness (QED) is 0.398. The molecule has 0 aliphatic carbocycles. The Hall–Kier alpha value is -1.27. The number of rotatable bonds is 1. The van der Waals surface area contributed by atoms with Crippen molar-refractivity contribution in [2.75, 3.05) is 0 Å². The van der Waals surface area contributed by atoms with Gasteiger partial charge in [0.25, 0.3) is 0 Å². The Balaban J connectivity index is 3.12. The molecule has 0 spiro atoms. The van der Waals surface area contributed by atoms with Gasteiger partial charge >= 0.3 is 0 Å². The molecule has 0 bridgehead atoms. The largest absolute Gasteiger partial charge is 0.250 e. The first kappa shape index (κ1) is 8.82. The lowest BCUT2D eigenvalue weighted by atomic mass is 10.1. The van der Waals surface area contributed by atoms with Gasteiger partial charge in [-0.2, -0.15) is 5.26 Å². The van der Waals surface area contributed by atoms with Gasteiger partial charge in [0.2, 0.25) is 0 Å². The standard InChI is InChI=1S/C9H8N2S/c1-7-4-9(11-6-12)3-2-8(7)5-10/h2-4,6H,1H3,(H,11,12). The zero-order valence-electron chi connectivity index (χ0n) is 6.65. The van der Waals surface area contributed by atoms with Crippen LogP contribution in [-0.4, -0.2) is 5.55 Å². The van der Waals surface area contributed by atoms with Crippen LogP contribution in [0.25, 0.3) is 0 Å². The minimum absolute atomic E-state index is 0.688. The summed E-state index contributed by atoms with van der Waals surface area (Å²) in [5.74, 6) is 0. The summed E-state index contributed by atoms with van der Waals surface area (Å²) in [6.07, 6.45) is 0. The van der Waals surface area contributed by atoms with Gasteiger partial charge in [-0.15, -0.1) is 12.6 Å². The van der Waals surface area contributed by atoms with E-state index >= 15 is 0 Å². The van der Waals surface area contributed by atoms with Crippen molar-refractivity contribution in [3.63, 3.8) is 0 Å². The molecule has 0 N–H and O–H groups in total. The lowest BCUT2D eigenvalue weighted by Gasteiger charge is -1.97. The Labute approximate surface area is 77.0 Å². The molecule has 0 fully saturated rings. The number of hydrogen-bond donors (Lipinski definition) is 1. The number of benzene rings is 1.